The Morgan fingerprint density at radius 3 is 2.62 bits per heavy atom. The smallest absolute Gasteiger partial charge is 0.112 e. The van der Waals surface area contributed by atoms with Crippen LogP contribution in [-0.4, -0.2) is 9.55 Å². The van der Waals surface area contributed by atoms with E-state index in [1.54, 1.807) is 0 Å². The van der Waals surface area contributed by atoms with Crippen LogP contribution in [0.4, 0.5) is 0 Å². The molecule has 1 rings (SSSR count). The molecule has 0 radical (unpaired) electrons. The van der Waals surface area contributed by atoms with Crippen LogP contribution in [0.15, 0.2) is 19.0 Å². The van der Waals surface area contributed by atoms with Crippen LogP contribution in [0.5, 0.6) is 0 Å². The lowest BCUT2D eigenvalue weighted by Gasteiger charge is -2.02. The molecule has 0 saturated carbocycles. The van der Waals surface area contributed by atoms with Gasteiger partial charge in [-0.2, -0.15) is 0 Å². The molecule has 0 aromatic carbocycles. The monoisotopic (exact) mass is 286 g/mol. The van der Waals surface area contributed by atoms with Gasteiger partial charge in [0.15, 0.2) is 0 Å². The van der Waals surface area contributed by atoms with E-state index in [9.17, 15) is 0 Å². The van der Waals surface area contributed by atoms with Crippen molar-refractivity contribution < 1.29 is 0 Å². The highest BCUT2D eigenvalue weighted by atomic mass is 79.9. The van der Waals surface area contributed by atoms with E-state index in [-0.39, 0.29) is 17.0 Å². The molecule has 3 heteroatoms. The summed E-state index contributed by atoms with van der Waals surface area (Å²) in [6.07, 6.45) is 14.7. The minimum Gasteiger partial charge on any atom is -0.311 e. The van der Waals surface area contributed by atoms with Gasteiger partial charge in [0.2, 0.25) is 0 Å². The van der Waals surface area contributed by atoms with Crippen LogP contribution in [0.1, 0.15) is 51.3 Å². The Kier molecular flexibility index (Phi) is 9.30. The SMILES string of the molecule is Br.C=Cn1ccnc1CCCCCCCC. The molecule has 0 aliphatic heterocycles. The van der Waals surface area contributed by atoms with Gasteiger partial charge >= 0.3 is 0 Å². The van der Waals surface area contributed by atoms with Crippen LogP contribution in [-0.2, 0) is 6.42 Å². The molecule has 0 N–H and O–H groups in total. The van der Waals surface area contributed by atoms with Crippen molar-refractivity contribution in [3.05, 3.63) is 24.8 Å². The molecular weight excluding hydrogens is 264 g/mol. The number of unbranched alkanes of at least 4 members (excludes halogenated alkanes) is 5. The van der Waals surface area contributed by atoms with Crippen molar-refractivity contribution in [3.8, 4) is 0 Å². The minimum atomic E-state index is 0. The van der Waals surface area contributed by atoms with Gasteiger partial charge in [-0.1, -0.05) is 45.6 Å². The Labute approximate surface area is 110 Å². The third kappa shape index (κ3) is 5.50. The van der Waals surface area contributed by atoms with E-state index < -0.39 is 0 Å². The molecule has 1 aromatic heterocycles. The Morgan fingerprint density at radius 2 is 1.94 bits per heavy atom. The number of halogens is 1. The highest BCUT2D eigenvalue weighted by Crippen LogP contribution is 2.08. The normalized spacial score (nSPS) is 9.81. The van der Waals surface area contributed by atoms with Gasteiger partial charge in [-0.3, -0.25) is 0 Å². The molecule has 92 valence electrons. The molecule has 0 aliphatic carbocycles. The zero-order chi connectivity index (χ0) is 10.9. The van der Waals surface area contributed by atoms with Crippen LogP contribution in [0.3, 0.4) is 0 Å². The molecule has 0 bridgehead atoms. The van der Waals surface area contributed by atoms with Crippen molar-refractivity contribution in [2.45, 2.75) is 51.9 Å². The van der Waals surface area contributed by atoms with E-state index >= 15 is 0 Å². The van der Waals surface area contributed by atoms with Crippen LogP contribution >= 0.6 is 17.0 Å². The van der Waals surface area contributed by atoms with Gasteiger partial charge in [-0.05, 0) is 6.42 Å². The topological polar surface area (TPSA) is 17.8 Å². The standard InChI is InChI=1S/C13H22N2.BrH/c1-3-5-6-7-8-9-10-13-14-11-12-15(13)4-2;/h4,11-12H,2-3,5-10H2,1H3;1H. The Hall–Kier alpha value is -0.570. The van der Waals surface area contributed by atoms with E-state index in [1.165, 1.54) is 38.5 Å². The zero-order valence-electron chi connectivity index (χ0n) is 10.2. The summed E-state index contributed by atoms with van der Waals surface area (Å²) >= 11 is 0. The fourth-order valence-corrected chi connectivity index (χ4v) is 1.77. The van der Waals surface area contributed by atoms with Crippen LogP contribution in [0.2, 0.25) is 0 Å². The maximum atomic E-state index is 4.31. The van der Waals surface area contributed by atoms with E-state index in [0.29, 0.717) is 0 Å². The molecular formula is C13H23BrN2. The maximum Gasteiger partial charge on any atom is 0.112 e. The number of imidazole rings is 1. The van der Waals surface area contributed by atoms with Gasteiger partial charge in [-0.15, -0.1) is 17.0 Å². The van der Waals surface area contributed by atoms with Crippen molar-refractivity contribution >= 4 is 23.2 Å². The first-order valence-corrected chi connectivity index (χ1v) is 6.02. The van der Waals surface area contributed by atoms with Gasteiger partial charge in [0.25, 0.3) is 0 Å². The minimum absolute atomic E-state index is 0. The van der Waals surface area contributed by atoms with E-state index in [0.717, 1.165) is 12.2 Å². The Morgan fingerprint density at radius 1 is 1.25 bits per heavy atom. The van der Waals surface area contributed by atoms with Crippen molar-refractivity contribution in [2.24, 2.45) is 0 Å². The molecule has 0 unspecified atom stereocenters. The first-order valence-electron chi connectivity index (χ1n) is 6.02. The summed E-state index contributed by atoms with van der Waals surface area (Å²) in [4.78, 5) is 4.31. The second-order valence-corrected chi connectivity index (χ2v) is 3.95. The molecule has 1 heterocycles. The average Bonchev–Trinajstić information content (AvgIpc) is 2.70. The van der Waals surface area contributed by atoms with Crippen molar-refractivity contribution in [1.82, 2.24) is 9.55 Å². The molecule has 0 fully saturated rings. The van der Waals surface area contributed by atoms with Crippen molar-refractivity contribution in [1.29, 1.82) is 0 Å². The summed E-state index contributed by atoms with van der Waals surface area (Å²) in [5.41, 5.74) is 0. The molecule has 1 aromatic rings. The molecule has 0 atom stereocenters. The number of aryl methyl sites for hydroxylation is 1. The van der Waals surface area contributed by atoms with Crippen LogP contribution in [0, 0.1) is 0 Å². The lowest BCUT2D eigenvalue weighted by atomic mass is 10.1. The zero-order valence-corrected chi connectivity index (χ0v) is 11.9. The predicted octanol–water partition coefficient (Wildman–Crippen LogP) is 4.46. The quantitative estimate of drug-likeness (QED) is 0.645. The average molecular weight is 287 g/mol. The summed E-state index contributed by atoms with van der Waals surface area (Å²) in [5.74, 6) is 1.14. The van der Waals surface area contributed by atoms with Gasteiger partial charge in [0, 0.05) is 25.0 Å². The predicted molar refractivity (Wildman–Crippen MR) is 76.0 cm³/mol. The largest absolute Gasteiger partial charge is 0.311 e. The second-order valence-electron chi connectivity index (χ2n) is 3.95. The fourth-order valence-electron chi connectivity index (χ4n) is 1.77. The summed E-state index contributed by atoms with van der Waals surface area (Å²) in [6, 6.07) is 0. The lowest BCUT2D eigenvalue weighted by molar-refractivity contribution is 0.600. The second kappa shape index (κ2) is 9.64. The number of hydrogen-bond acceptors (Lipinski definition) is 1. The molecule has 0 spiro atoms. The molecule has 0 amide bonds. The first-order chi connectivity index (χ1) is 7.38. The molecule has 0 aliphatic rings. The van der Waals surface area contributed by atoms with E-state index in [4.69, 9.17) is 0 Å². The van der Waals surface area contributed by atoms with Crippen molar-refractivity contribution in [3.63, 3.8) is 0 Å². The van der Waals surface area contributed by atoms with Gasteiger partial charge in [-0.25, -0.2) is 4.98 Å². The highest BCUT2D eigenvalue weighted by Gasteiger charge is 1.99. The van der Waals surface area contributed by atoms with E-state index in [2.05, 4.69) is 18.5 Å². The number of rotatable bonds is 8. The lowest BCUT2D eigenvalue weighted by Crippen LogP contribution is -1.95. The highest BCUT2D eigenvalue weighted by molar-refractivity contribution is 8.93. The summed E-state index contributed by atoms with van der Waals surface area (Å²) in [5, 5.41) is 0. The summed E-state index contributed by atoms with van der Waals surface area (Å²) in [6.45, 7) is 6.01. The Balaban J connectivity index is 0.00000225. The Bertz CT molecular complexity index is 281. The van der Waals surface area contributed by atoms with Gasteiger partial charge in [0.1, 0.15) is 5.82 Å². The first kappa shape index (κ1) is 15.4. The molecule has 0 saturated heterocycles. The third-order valence-electron chi connectivity index (χ3n) is 2.70. The number of hydrogen-bond donors (Lipinski definition) is 0. The number of aromatic nitrogens is 2. The van der Waals surface area contributed by atoms with Crippen LogP contribution in [0.25, 0.3) is 6.20 Å². The van der Waals surface area contributed by atoms with E-state index in [1.807, 2.05) is 23.2 Å². The molecule has 16 heavy (non-hydrogen) atoms. The summed E-state index contributed by atoms with van der Waals surface area (Å²) < 4.78 is 2.01. The summed E-state index contributed by atoms with van der Waals surface area (Å²) in [7, 11) is 0. The van der Waals surface area contributed by atoms with Gasteiger partial charge in [0.05, 0.1) is 0 Å². The fraction of sp³-hybridized carbons (Fsp3) is 0.615. The van der Waals surface area contributed by atoms with Gasteiger partial charge < -0.3 is 4.57 Å². The maximum absolute atomic E-state index is 4.31. The van der Waals surface area contributed by atoms with Crippen molar-refractivity contribution in [2.75, 3.05) is 0 Å². The number of nitrogens with zero attached hydrogens (tertiary/aromatic N) is 2. The molecule has 2 nitrogen and oxygen atoms in total. The van der Waals surface area contributed by atoms with Crippen LogP contribution < -0.4 is 0 Å². The third-order valence-corrected chi connectivity index (χ3v) is 2.70.